The molecule has 0 bridgehead atoms. The number of rotatable bonds is 2. The molecule has 21 heavy (non-hydrogen) atoms. The lowest BCUT2D eigenvalue weighted by atomic mass is 9.90. The maximum absolute atomic E-state index is 12.4. The van der Waals surface area contributed by atoms with Crippen LogP contribution in [0.4, 0.5) is 0 Å². The van der Waals surface area contributed by atoms with E-state index in [1.165, 1.54) is 11.1 Å². The van der Waals surface area contributed by atoms with Gasteiger partial charge in [-0.05, 0) is 24.5 Å². The molecule has 4 heteroatoms. The molecule has 1 N–H and O–H groups in total. The Bertz CT molecular complexity index is 585. The molecule has 0 saturated carbocycles. The van der Waals surface area contributed by atoms with Crippen LogP contribution in [0.5, 0.6) is 0 Å². The molecule has 0 spiro atoms. The first-order valence-electron chi connectivity index (χ1n) is 7.54. The van der Waals surface area contributed by atoms with Gasteiger partial charge in [0, 0.05) is 50.1 Å². The predicted octanol–water partition coefficient (Wildman–Crippen LogP) is 1.79. The molecule has 1 aromatic heterocycles. The minimum absolute atomic E-state index is 0.161. The third-order valence-corrected chi connectivity index (χ3v) is 4.08. The van der Waals surface area contributed by atoms with Crippen LogP contribution in [0.15, 0.2) is 42.3 Å². The SMILES string of the molecule is Cc1cncc(C2C=CC(C(=O)N3CCNCC3)=CC2)c1. The maximum Gasteiger partial charge on any atom is 0.253 e. The fourth-order valence-corrected chi connectivity index (χ4v) is 2.86. The zero-order chi connectivity index (χ0) is 14.7. The van der Waals surface area contributed by atoms with Gasteiger partial charge in [0.15, 0.2) is 0 Å². The number of piperazine rings is 1. The lowest BCUT2D eigenvalue weighted by molar-refractivity contribution is -0.127. The number of nitrogens with zero attached hydrogens (tertiary/aromatic N) is 2. The molecule has 1 aliphatic carbocycles. The van der Waals surface area contributed by atoms with Crippen LogP contribution in [0.3, 0.4) is 0 Å². The number of aryl methyl sites for hydroxylation is 1. The van der Waals surface area contributed by atoms with Gasteiger partial charge in [0.1, 0.15) is 0 Å². The largest absolute Gasteiger partial charge is 0.336 e. The standard InChI is InChI=1S/C17H21N3O/c1-13-10-16(12-19-11-13)14-2-4-15(5-3-14)17(21)20-8-6-18-7-9-20/h2,4-5,10-12,14,18H,3,6-9H2,1H3. The van der Waals surface area contributed by atoms with Gasteiger partial charge in [0.25, 0.3) is 5.91 Å². The van der Waals surface area contributed by atoms with Crippen molar-refractivity contribution in [3.8, 4) is 0 Å². The Morgan fingerprint density at radius 3 is 2.81 bits per heavy atom. The third-order valence-electron chi connectivity index (χ3n) is 4.08. The van der Waals surface area contributed by atoms with E-state index in [4.69, 9.17) is 0 Å². The summed E-state index contributed by atoms with van der Waals surface area (Å²) in [6.45, 7) is 5.43. The number of aromatic nitrogens is 1. The molecule has 1 atom stereocenters. The quantitative estimate of drug-likeness (QED) is 0.900. The Balaban J connectivity index is 1.67. The van der Waals surface area contributed by atoms with E-state index in [0.717, 1.165) is 38.2 Å². The molecule has 1 aliphatic heterocycles. The zero-order valence-corrected chi connectivity index (χ0v) is 12.4. The van der Waals surface area contributed by atoms with Crippen LogP contribution < -0.4 is 5.32 Å². The van der Waals surface area contributed by atoms with Crippen LogP contribution in [-0.4, -0.2) is 42.0 Å². The van der Waals surface area contributed by atoms with Crippen LogP contribution in [0, 0.1) is 6.92 Å². The Hall–Kier alpha value is -1.94. The fraction of sp³-hybridized carbons (Fsp3) is 0.412. The molecule has 1 amide bonds. The van der Waals surface area contributed by atoms with Crippen LogP contribution in [0.2, 0.25) is 0 Å². The lowest BCUT2D eigenvalue weighted by Gasteiger charge is -2.28. The molecule has 2 heterocycles. The minimum atomic E-state index is 0.161. The van der Waals surface area contributed by atoms with Crippen molar-refractivity contribution in [1.29, 1.82) is 0 Å². The summed E-state index contributed by atoms with van der Waals surface area (Å²) in [5.41, 5.74) is 3.22. The van der Waals surface area contributed by atoms with Crippen molar-refractivity contribution in [1.82, 2.24) is 15.2 Å². The highest BCUT2D eigenvalue weighted by Gasteiger charge is 2.21. The number of hydrogen-bond acceptors (Lipinski definition) is 3. The van der Waals surface area contributed by atoms with Gasteiger partial charge >= 0.3 is 0 Å². The number of pyridine rings is 1. The first-order valence-corrected chi connectivity index (χ1v) is 7.54. The molecular formula is C17H21N3O. The second kappa shape index (κ2) is 6.22. The molecule has 1 unspecified atom stereocenters. The number of nitrogens with one attached hydrogen (secondary N) is 1. The molecular weight excluding hydrogens is 262 g/mol. The summed E-state index contributed by atoms with van der Waals surface area (Å²) < 4.78 is 0. The van der Waals surface area contributed by atoms with E-state index in [9.17, 15) is 4.79 Å². The first-order chi connectivity index (χ1) is 10.2. The summed E-state index contributed by atoms with van der Waals surface area (Å²) in [7, 11) is 0. The van der Waals surface area contributed by atoms with Crippen molar-refractivity contribution in [2.45, 2.75) is 19.3 Å². The van der Waals surface area contributed by atoms with E-state index in [1.54, 1.807) is 0 Å². The van der Waals surface area contributed by atoms with Crippen molar-refractivity contribution in [3.05, 3.63) is 53.4 Å². The molecule has 1 saturated heterocycles. The lowest BCUT2D eigenvalue weighted by Crippen LogP contribution is -2.46. The Morgan fingerprint density at radius 1 is 1.33 bits per heavy atom. The topological polar surface area (TPSA) is 45.2 Å². The third kappa shape index (κ3) is 3.22. The fourth-order valence-electron chi connectivity index (χ4n) is 2.86. The molecule has 1 fully saturated rings. The van der Waals surface area contributed by atoms with Gasteiger partial charge in [-0.25, -0.2) is 0 Å². The van der Waals surface area contributed by atoms with Gasteiger partial charge in [-0.3, -0.25) is 9.78 Å². The summed E-state index contributed by atoms with van der Waals surface area (Å²) in [4.78, 5) is 18.6. The highest BCUT2D eigenvalue weighted by molar-refractivity contribution is 5.96. The van der Waals surface area contributed by atoms with Gasteiger partial charge in [-0.2, -0.15) is 0 Å². The number of carbonyl (C=O) groups excluding carboxylic acids is 1. The Morgan fingerprint density at radius 2 is 2.14 bits per heavy atom. The average molecular weight is 283 g/mol. The molecule has 0 radical (unpaired) electrons. The number of allylic oxidation sites excluding steroid dienone is 2. The van der Waals surface area contributed by atoms with Crippen molar-refractivity contribution < 1.29 is 4.79 Å². The van der Waals surface area contributed by atoms with Gasteiger partial charge in [-0.15, -0.1) is 0 Å². The van der Waals surface area contributed by atoms with Crippen molar-refractivity contribution in [2.75, 3.05) is 26.2 Å². The summed E-state index contributed by atoms with van der Waals surface area (Å²) in [5, 5.41) is 3.27. The van der Waals surface area contributed by atoms with Crippen LogP contribution >= 0.6 is 0 Å². The van der Waals surface area contributed by atoms with Crippen LogP contribution in [0.25, 0.3) is 0 Å². The molecule has 2 aliphatic rings. The van der Waals surface area contributed by atoms with Gasteiger partial charge in [0.2, 0.25) is 0 Å². The van der Waals surface area contributed by atoms with Gasteiger partial charge in [-0.1, -0.05) is 24.3 Å². The van der Waals surface area contributed by atoms with E-state index >= 15 is 0 Å². The summed E-state index contributed by atoms with van der Waals surface area (Å²) in [6, 6.07) is 2.17. The van der Waals surface area contributed by atoms with E-state index < -0.39 is 0 Å². The highest BCUT2D eigenvalue weighted by atomic mass is 16.2. The number of hydrogen-bond donors (Lipinski definition) is 1. The number of carbonyl (C=O) groups is 1. The molecule has 0 aromatic carbocycles. The Labute approximate surface area is 125 Å². The normalized spacial score (nSPS) is 22.0. The zero-order valence-electron chi connectivity index (χ0n) is 12.4. The van der Waals surface area contributed by atoms with Crippen molar-refractivity contribution >= 4 is 5.91 Å². The first kappa shape index (κ1) is 14.0. The van der Waals surface area contributed by atoms with E-state index in [-0.39, 0.29) is 5.91 Å². The van der Waals surface area contributed by atoms with E-state index in [0.29, 0.717) is 5.92 Å². The maximum atomic E-state index is 12.4. The molecule has 3 rings (SSSR count). The van der Waals surface area contributed by atoms with Crippen LogP contribution in [-0.2, 0) is 4.79 Å². The number of amides is 1. The monoisotopic (exact) mass is 283 g/mol. The summed E-state index contributed by atoms with van der Waals surface area (Å²) >= 11 is 0. The summed E-state index contributed by atoms with van der Waals surface area (Å²) in [6.07, 6.45) is 10.8. The average Bonchev–Trinajstić information content (AvgIpc) is 2.55. The van der Waals surface area contributed by atoms with Gasteiger partial charge in [0.05, 0.1) is 0 Å². The van der Waals surface area contributed by atoms with Crippen LogP contribution in [0.1, 0.15) is 23.5 Å². The summed E-state index contributed by atoms with van der Waals surface area (Å²) in [5.74, 6) is 0.491. The Kier molecular flexibility index (Phi) is 4.15. The molecule has 110 valence electrons. The van der Waals surface area contributed by atoms with E-state index in [2.05, 4.69) is 35.4 Å². The van der Waals surface area contributed by atoms with E-state index in [1.807, 2.05) is 23.4 Å². The highest BCUT2D eigenvalue weighted by Crippen LogP contribution is 2.27. The second-order valence-electron chi connectivity index (χ2n) is 5.70. The molecule has 1 aromatic rings. The smallest absolute Gasteiger partial charge is 0.253 e. The molecule has 4 nitrogen and oxygen atoms in total. The van der Waals surface area contributed by atoms with Gasteiger partial charge < -0.3 is 10.2 Å². The minimum Gasteiger partial charge on any atom is -0.336 e. The van der Waals surface area contributed by atoms with Crippen molar-refractivity contribution in [3.63, 3.8) is 0 Å². The predicted molar refractivity (Wildman–Crippen MR) is 83.0 cm³/mol. The van der Waals surface area contributed by atoms with Crippen molar-refractivity contribution in [2.24, 2.45) is 0 Å². The second-order valence-corrected chi connectivity index (χ2v) is 5.70.